The van der Waals surface area contributed by atoms with Gasteiger partial charge >= 0.3 is 0 Å². The summed E-state index contributed by atoms with van der Waals surface area (Å²) in [6.45, 7) is 1.69. The second-order valence-corrected chi connectivity index (χ2v) is 10.5. The maximum atomic E-state index is 13.2. The molecule has 3 aliphatic rings. The topological polar surface area (TPSA) is 103 Å². The highest BCUT2D eigenvalue weighted by molar-refractivity contribution is 9.10. The number of likely N-dealkylation sites (tertiary alicyclic amines) is 1. The number of carbonyl (C=O) groups excluding carboxylic acids is 4. The Morgan fingerprint density at radius 2 is 1.78 bits per heavy atom. The van der Waals surface area contributed by atoms with Crippen molar-refractivity contribution in [1.29, 1.82) is 0 Å². The van der Waals surface area contributed by atoms with Gasteiger partial charge in [-0.2, -0.15) is 0 Å². The summed E-state index contributed by atoms with van der Waals surface area (Å²) < 4.78 is 0.800. The molecule has 9 heteroatoms. The zero-order chi connectivity index (χ0) is 25.0. The summed E-state index contributed by atoms with van der Waals surface area (Å²) in [5.74, 6) is -0.549. The fraction of sp³-hybridized carbons (Fsp3) is 0.333. The first-order chi connectivity index (χ1) is 17.4. The number of H-pyrrole nitrogens is 1. The molecule has 2 aromatic carbocycles. The van der Waals surface area contributed by atoms with Gasteiger partial charge in [0.05, 0.1) is 4.47 Å². The molecule has 0 bridgehead atoms. The highest BCUT2D eigenvalue weighted by Gasteiger charge is 2.39. The first-order valence-corrected chi connectivity index (χ1v) is 13.0. The number of hydrogen-bond acceptors (Lipinski definition) is 4. The number of para-hydroxylation sites is 1. The van der Waals surface area contributed by atoms with Crippen molar-refractivity contribution in [2.24, 2.45) is 0 Å². The number of hydrogen-bond donors (Lipinski definition) is 2. The molecule has 0 aliphatic carbocycles. The summed E-state index contributed by atoms with van der Waals surface area (Å²) >= 11 is 3.59. The summed E-state index contributed by atoms with van der Waals surface area (Å²) in [4.78, 5) is 56.7. The Hall–Kier alpha value is -3.46. The Labute approximate surface area is 216 Å². The quantitative estimate of drug-likeness (QED) is 0.487. The summed E-state index contributed by atoms with van der Waals surface area (Å²) in [7, 11) is 0. The minimum absolute atomic E-state index is 0.00374. The van der Waals surface area contributed by atoms with Gasteiger partial charge in [0.15, 0.2) is 0 Å². The minimum Gasteiger partial charge on any atom is -0.350 e. The van der Waals surface area contributed by atoms with E-state index in [2.05, 4.69) is 32.3 Å². The number of aromatic amines is 1. The Morgan fingerprint density at radius 1 is 1.00 bits per heavy atom. The first kappa shape index (κ1) is 23.0. The number of amides is 4. The van der Waals surface area contributed by atoms with E-state index < -0.39 is 11.9 Å². The number of piperidine rings is 2. The van der Waals surface area contributed by atoms with Crippen molar-refractivity contribution in [3.8, 4) is 0 Å². The van der Waals surface area contributed by atoms with Crippen LogP contribution >= 0.6 is 15.9 Å². The predicted octanol–water partition coefficient (Wildman–Crippen LogP) is 3.71. The van der Waals surface area contributed by atoms with Gasteiger partial charge in [-0.15, -0.1) is 0 Å². The smallest absolute Gasteiger partial charge is 0.271 e. The summed E-state index contributed by atoms with van der Waals surface area (Å²) in [6.07, 6.45) is 2.28. The molecule has 0 spiro atoms. The van der Waals surface area contributed by atoms with Gasteiger partial charge in [-0.3, -0.25) is 24.5 Å². The number of nitrogens with zero attached hydrogens (tertiary/aromatic N) is 2. The molecule has 0 saturated carbocycles. The molecule has 184 valence electrons. The van der Waals surface area contributed by atoms with Gasteiger partial charge in [-0.05, 0) is 64.4 Å². The Bertz CT molecular complexity index is 1420. The summed E-state index contributed by atoms with van der Waals surface area (Å²) in [5, 5.41) is 3.34. The third kappa shape index (κ3) is 3.82. The largest absolute Gasteiger partial charge is 0.350 e. The molecule has 1 unspecified atom stereocenters. The van der Waals surface area contributed by atoms with Crippen molar-refractivity contribution in [1.82, 2.24) is 20.1 Å². The molecule has 6 rings (SSSR count). The molecule has 2 saturated heterocycles. The van der Waals surface area contributed by atoms with Crippen molar-refractivity contribution in [3.05, 3.63) is 69.3 Å². The van der Waals surface area contributed by atoms with Gasteiger partial charge in [0.1, 0.15) is 11.7 Å². The molecule has 2 fully saturated rings. The van der Waals surface area contributed by atoms with Crippen LogP contribution in [0.15, 0.2) is 46.9 Å². The van der Waals surface area contributed by atoms with Crippen LogP contribution < -0.4 is 5.32 Å². The fourth-order valence-electron chi connectivity index (χ4n) is 5.68. The lowest BCUT2D eigenvalue weighted by Gasteiger charge is -2.32. The van der Waals surface area contributed by atoms with Crippen molar-refractivity contribution in [2.45, 2.75) is 44.2 Å². The van der Waals surface area contributed by atoms with E-state index in [4.69, 9.17) is 0 Å². The zero-order valence-corrected chi connectivity index (χ0v) is 21.1. The molecule has 1 aromatic heterocycles. The molecule has 0 radical (unpaired) electrons. The van der Waals surface area contributed by atoms with Crippen molar-refractivity contribution >= 4 is 50.5 Å². The van der Waals surface area contributed by atoms with E-state index in [9.17, 15) is 19.2 Å². The summed E-state index contributed by atoms with van der Waals surface area (Å²) in [6, 6.07) is 13.2. The Balaban J connectivity index is 1.13. The van der Waals surface area contributed by atoms with E-state index in [0.717, 1.165) is 39.3 Å². The Kier molecular flexibility index (Phi) is 5.67. The lowest BCUT2D eigenvalue weighted by Crippen LogP contribution is -2.52. The van der Waals surface area contributed by atoms with Gasteiger partial charge in [0.25, 0.3) is 11.8 Å². The van der Waals surface area contributed by atoms with Crippen LogP contribution in [-0.4, -0.2) is 57.5 Å². The maximum Gasteiger partial charge on any atom is 0.271 e. The summed E-state index contributed by atoms with van der Waals surface area (Å²) in [5.41, 5.74) is 4.22. The third-order valence-corrected chi connectivity index (χ3v) is 8.48. The molecule has 2 N–H and O–H groups in total. The van der Waals surface area contributed by atoms with Crippen LogP contribution in [0.3, 0.4) is 0 Å². The number of rotatable bonds is 3. The van der Waals surface area contributed by atoms with E-state index in [1.54, 1.807) is 4.90 Å². The first-order valence-electron chi connectivity index (χ1n) is 12.2. The van der Waals surface area contributed by atoms with E-state index in [1.165, 1.54) is 0 Å². The standard InChI is InChI=1S/C27H25BrN4O4/c28-23-19-3-1-2-4-20(19)29-24(23)27(36)31-11-9-15(10-12-31)16-5-6-18-17(13-16)14-32(26(18)35)21-7-8-22(33)30-25(21)34/h1-6,13,15,21,29H,7-12,14H2,(H,30,33,34). The number of halogens is 1. The van der Waals surface area contributed by atoms with Crippen LogP contribution in [0, 0.1) is 0 Å². The second kappa shape index (κ2) is 8.89. The average Bonchev–Trinajstić information content (AvgIpc) is 3.40. The van der Waals surface area contributed by atoms with Crippen LogP contribution in [0.2, 0.25) is 0 Å². The van der Waals surface area contributed by atoms with E-state index in [1.807, 2.05) is 41.3 Å². The normalized spacial score (nSPS) is 20.7. The lowest BCUT2D eigenvalue weighted by atomic mass is 9.88. The SMILES string of the molecule is O=C1CCC(N2Cc3cc(C4CCN(C(=O)c5[nH]c6ccccc6c5Br)CC4)ccc3C2=O)C(=O)N1. The van der Waals surface area contributed by atoms with E-state index >= 15 is 0 Å². The number of carbonyl (C=O) groups is 4. The monoisotopic (exact) mass is 548 g/mol. The molecule has 4 amide bonds. The molecule has 3 aromatic rings. The van der Waals surface area contributed by atoms with Crippen molar-refractivity contribution in [3.63, 3.8) is 0 Å². The molecule has 3 aliphatic heterocycles. The minimum atomic E-state index is -0.607. The number of nitrogens with one attached hydrogen (secondary N) is 2. The molecular weight excluding hydrogens is 524 g/mol. The van der Waals surface area contributed by atoms with E-state index in [-0.39, 0.29) is 24.1 Å². The number of fused-ring (bicyclic) bond motifs is 2. The van der Waals surface area contributed by atoms with Crippen molar-refractivity contribution < 1.29 is 19.2 Å². The highest BCUT2D eigenvalue weighted by Crippen LogP contribution is 2.35. The van der Waals surface area contributed by atoms with Gasteiger partial charge in [-0.1, -0.05) is 30.3 Å². The van der Waals surface area contributed by atoms with Crippen LogP contribution in [0.25, 0.3) is 10.9 Å². The van der Waals surface area contributed by atoms with Crippen LogP contribution in [-0.2, 0) is 16.1 Å². The zero-order valence-electron chi connectivity index (χ0n) is 19.6. The van der Waals surface area contributed by atoms with Gasteiger partial charge in [0, 0.05) is 42.5 Å². The molecule has 8 nitrogen and oxygen atoms in total. The molecule has 4 heterocycles. The molecule has 36 heavy (non-hydrogen) atoms. The van der Waals surface area contributed by atoms with E-state index in [0.29, 0.717) is 43.2 Å². The van der Waals surface area contributed by atoms with Gasteiger partial charge < -0.3 is 14.8 Å². The lowest BCUT2D eigenvalue weighted by molar-refractivity contribution is -0.136. The Morgan fingerprint density at radius 3 is 2.53 bits per heavy atom. The average molecular weight is 549 g/mol. The molecule has 1 atom stereocenters. The van der Waals surface area contributed by atoms with Crippen LogP contribution in [0.4, 0.5) is 0 Å². The van der Waals surface area contributed by atoms with Crippen LogP contribution in [0.1, 0.15) is 63.6 Å². The second-order valence-electron chi connectivity index (χ2n) is 9.74. The van der Waals surface area contributed by atoms with Crippen LogP contribution in [0.5, 0.6) is 0 Å². The molecular formula is C27H25BrN4O4. The third-order valence-electron chi connectivity index (χ3n) is 7.66. The number of aromatic nitrogens is 1. The van der Waals surface area contributed by atoms with Gasteiger partial charge in [-0.25, -0.2) is 0 Å². The number of benzene rings is 2. The maximum absolute atomic E-state index is 13.2. The highest BCUT2D eigenvalue weighted by atomic mass is 79.9. The van der Waals surface area contributed by atoms with Gasteiger partial charge in [0.2, 0.25) is 11.8 Å². The number of imide groups is 1. The van der Waals surface area contributed by atoms with Crippen molar-refractivity contribution in [2.75, 3.05) is 13.1 Å². The predicted molar refractivity (Wildman–Crippen MR) is 136 cm³/mol. The fourth-order valence-corrected chi connectivity index (χ4v) is 6.29.